The van der Waals surface area contributed by atoms with E-state index in [1.807, 2.05) is 39.8 Å². The first-order chi connectivity index (χ1) is 14.0. The molecule has 3 N–H and O–H groups in total. The molecule has 0 aliphatic carbocycles. The Morgan fingerprint density at radius 3 is 2.60 bits per heavy atom. The third-order valence-corrected chi connectivity index (χ3v) is 4.33. The number of amides is 1. The highest BCUT2D eigenvalue weighted by molar-refractivity contribution is 14.0. The second kappa shape index (κ2) is 17.2. The number of nitrogens with zero attached hydrogens (tertiary/aromatic N) is 1. The highest BCUT2D eigenvalue weighted by Crippen LogP contribution is 2.21. The second-order valence-electron chi connectivity index (χ2n) is 6.91. The first-order valence-corrected chi connectivity index (χ1v) is 10.6. The quantitative estimate of drug-likeness (QED) is 0.157. The molecule has 0 saturated heterocycles. The van der Waals surface area contributed by atoms with Crippen molar-refractivity contribution in [3.63, 3.8) is 0 Å². The molecule has 30 heavy (non-hydrogen) atoms. The molecule has 0 radical (unpaired) electrons. The van der Waals surface area contributed by atoms with Crippen LogP contribution in [0.25, 0.3) is 0 Å². The summed E-state index contributed by atoms with van der Waals surface area (Å²) in [5.74, 6) is 1.56. The zero-order chi connectivity index (χ0) is 21.5. The first kappa shape index (κ1) is 28.5. The van der Waals surface area contributed by atoms with Crippen LogP contribution in [0.15, 0.2) is 23.2 Å². The van der Waals surface area contributed by atoms with Gasteiger partial charge in [0, 0.05) is 37.7 Å². The lowest BCUT2D eigenvalue weighted by molar-refractivity contribution is -0.121. The molecule has 1 rings (SSSR count). The van der Waals surface area contributed by atoms with Crippen molar-refractivity contribution in [3.05, 3.63) is 29.3 Å². The molecule has 0 bridgehead atoms. The predicted octanol–water partition coefficient (Wildman–Crippen LogP) is 3.39. The minimum Gasteiger partial charge on any atom is -0.491 e. The fraction of sp³-hybridized carbons (Fsp3) is 0.636. The van der Waals surface area contributed by atoms with E-state index in [-0.39, 0.29) is 35.9 Å². The van der Waals surface area contributed by atoms with Crippen molar-refractivity contribution in [2.45, 2.75) is 60.0 Å². The SMILES string of the molecule is CCNC(=NCc1ccc(C)cc1OCCOCC)NCCC(=O)NC(C)CC.I. The molecule has 0 spiro atoms. The van der Waals surface area contributed by atoms with Crippen LogP contribution in [-0.4, -0.2) is 50.8 Å². The molecule has 0 fully saturated rings. The summed E-state index contributed by atoms with van der Waals surface area (Å²) in [7, 11) is 0. The lowest BCUT2D eigenvalue weighted by Gasteiger charge is -2.14. The Morgan fingerprint density at radius 1 is 1.17 bits per heavy atom. The smallest absolute Gasteiger partial charge is 0.221 e. The molecule has 1 unspecified atom stereocenters. The molecule has 1 amide bonds. The minimum absolute atomic E-state index is 0. The number of carbonyl (C=O) groups excluding carboxylic acids is 1. The maximum atomic E-state index is 11.9. The van der Waals surface area contributed by atoms with Crippen molar-refractivity contribution in [1.29, 1.82) is 0 Å². The second-order valence-corrected chi connectivity index (χ2v) is 6.91. The maximum absolute atomic E-state index is 11.9. The fourth-order valence-corrected chi connectivity index (χ4v) is 2.53. The van der Waals surface area contributed by atoms with Gasteiger partial charge in [-0.3, -0.25) is 4.79 Å². The summed E-state index contributed by atoms with van der Waals surface area (Å²) in [6, 6.07) is 6.32. The van der Waals surface area contributed by atoms with Gasteiger partial charge in [-0.1, -0.05) is 19.1 Å². The van der Waals surface area contributed by atoms with Crippen LogP contribution in [0, 0.1) is 6.92 Å². The van der Waals surface area contributed by atoms with Gasteiger partial charge in [-0.2, -0.15) is 0 Å². The number of hydrogen-bond acceptors (Lipinski definition) is 4. The maximum Gasteiger partial charge on any atom is 0.221 e. The van der Waals surface area contributed by atoms with Gasteiger partial charge >= 0.3 is 0 Å². The number of aryl methyl sites for hydroxylation is 1. The molecule has 0 aromatic heterocycles. The largest absolute Gasteiger partial charge is 0.491 e. The number of carbonyl (C=O) groups is 1. The van der Waals surface area contributed by atoms with E-state index >= 15 is 0 Å². The van der Waals surface area contributed by atoms with E-state index in [9.17, 15) is 4.79 Å². The molecule has 7 nitrogen and oxygen atoms in total. The van der Waals surface area contributed by atoms with Crippen molar-refractivity contribution in [2.24, 2.45) is 4.99 Å². The van der Waals surface area contributed by atoms with Gasteiger partial charge in [-0.25, -0.2) is 4.99 Å². The number of benzene rings is 1. The molecule has 1 atom stereocenters. The van der Waals surface area contributed by atoms with E-state index < -0.39 is 0 Å². The average molecular weight is 534 g/mol. The molecule has 172 valence electrons. The van der Waals surface area contributed by atoms with Crippen molar-refractivity contribution >= 4 is 35.8 Å². The summed E-state index contributed by atoms with van der Waals surface area (Å²) >= 11 is 0. The molecule has 8 heteroatoms. The van der Waals surface area contributed by atoms with Gasteiger partial charge in [0.05, 0.1) is 13.2 Å². The van der Waals surface area contributed by atoms with Crippen LogP contribution in [0.5, 0.6) is 5.75 Å². The van der Waals surface area contributed by atoms with E-state index in [0.29, 0.717) is 45.3 Å². The lowest BCUT2D eigenvalue weighted by Crippen LogP contribution is -2.40. The molecule has 1 aromatic rings. The Kier molecular flexibility index (Phi) is 16.3. The first-order valence-electron chi connectivity index (χ1n) is 10.6. The third-order valence-electron chi connectivity index (χ3n) is 4.33. The Labute approximate surface area is 198 Å². The van der Waals surface area contributed by atoms with Gasteiger partial charge < -0.3 is 25.4 Å². The van der Waals surface area contributed by atoms with E-state index in [4.69, 9.17) is 9.47 Å². The average Bonchev–Trinajstić information content (AvgIpc) is 2.70. The number of rotatable bonds is 13. The van der Waals surface area contributed by atoms with Gasteiger partial charge in [0.15, 0.2) is 5.96 Å². The number of aliphatic imine (C=N–C) groups is 1. The molecule has 0 heterocycles. The Balaban J connectivity index is 0.00000841. The van der Waals surface area contributed by atoms with E-state index in [0.717, 1.165) is 29.8 Å². The molecule has 0 saturated carbocycles. The molecule has 0 aliphatic rings. The van der Waals surface area contributed by atoms with Gasteiger partial charge in [-0.15, -0.1) is 24.0 Å². The monoisotopic (exact) mass is 534 g/mol. The lowest BCUT2D eigenvalue weighted by atomic mass is 10.1. The van der Waals surface area contributed by atoms with E-state index in [2.05, 4.69) is 33.9 Å². The summed E-state index contributed by atoms with van der Waals surface area (Å²) in [5, 5.41) is 9.41. The third kappa shape index (κ3) is 12.2. The zero-order valence-corrected chi connectivity index (χ0v) is 21.4. The van der Waals surface area contributed by atoms with Gasteiger partial charge in [0.25, 0.3) is 0 Å². The van der Waals surface area contributed by atoms with Crippen molar-refractivity contribution in [3.8, 4) is 5.75 Å². The number of halogens is 1. The van der Waals surface area contributed by atoms with Crippen molar-refractivity contribution in [1.82, 2.24) is 16.0 Å². The number of ether oxygens (including phenoxy) is 2. The summed E-state index contributed by atoms with van der Waals surface area (Å²) in [6.07, 6.45) is 1.33. The number of hydrogen-bond donors (Lipinski definition) is 3. The number of guanidine groups is 1. The highest BCUT2D eigenvalue weighted by atomic mass is 127. The minimum atomic E-state index is 0. The predicted molar refractivity (Wildman–Crippen MR) is 134 cm³/mol. The van der Waals surface area contributed by atoms with Crippen LogP contribution in [0.3, 0.4) is 0 Å². The van der Waals surface area contributed by atoms with Gasteiger partial charge in [0.1, 0.15) is 12.4 Å². The normalized spacial score (nSPS) is 12.0. The molecular formula is C22H39IN4O3. The van der Waals surface area contributed by atoms with E-state index in [1.165, 1.54) is 0 Å². The zero-order valence-electron chi connectivity index (χ0n) is 19.0. The molecule has 1 aromatic carbocycles. The van der Waals surface area contributed by atoms with E-state index in [1.54, 1.807) is 0 Å². The van der Waals surface area contributed by atoms with Gasteiger partial charge in [0.2, 0.25) is 5.91 Å². The Hall–Kier alpha value is -1.55. The Bertz CT molecular complexity index is 641. The van der Waals surface area contributed by atoms with Crippen LogP contribution < -0.4 is 20.7 Å². The highest BCUT2D eigenvalue weighted by Gasteiger charge is 2.07. The number of nitrogens with one attached hydrogen (secondary N) is 3. The summed E-state index contributed by atoms with van der Waals surface area (Å²) in [5.41, 5.74) is 2.15. The Morgan fingerprint density at radius 2 is 1.93 bits per heavy atom. The van der Waals surface area contributed by atoms with Crippen LogP contribution in [0.1, 0.15) is 51.7 Å². The summed E-state index contributed by atoms with van der Waals surface area (Å²) < 4.78 is 11.2. The van der Waals surface area contributed by atoms with Crippen LogP contribution in [-0.2, 0) is 16.1 Å². The van der Waals surface area contributed by atoms with Crippen molar-refractivity contribution < 1.29 is 14.3 Å². The molecule has 0 aliphatic heterocycles. The standard InChI is InChI=1S/C22H38N4O3.HI/c1-6-18(5)26-21(27)11-12-24-22(23-7-2)25-16-19-10-9-17(4)15-20(19)29-14-13-28-8-3;/h9-10,15,18H,6-8,11-14,16H2,1-5H3,(H,26,27)(H2,23,24,25);1H. The van der Waals surface area contributed by atoms with Crippen LogP contribution in [0.4, 0.5) is 0 Å². The van der Waals surface area contributed by atoms with Gasteiger partial charge in [-0.05, 0) is 45.7 Å². The summed E-state index contributed by atoms with van der Waals surface area (Å²) in [4.78, 5) is 16.6. The molecular weight excluding hydrogens is 495 g/mol. The van der Waals surface area contributed by atoms with Crippen LogP contribution in [0.2, 0.25) is 0 Å². The fourth-order valence-electron chi connectivity index (χ4n) is 2.53. The summed E-state index contributed by atoms with van der Waals surface area (Å²) in [6.45, 7) is 13.6. The van der Waals surface area contributed by atoms with Crippen molar-refractivity contribution in [2.75, 3.05) is 32.9 Å². The van der Waals surface area contributed by atoms with Crippen LogP contribution >= 0.6 is 24.0 Å². The topological polar surface area (TPSA) is 84.0 Å².